The maximum Gasteiger partial charge on any atom is 0.326 e. The van der Waals surface area contributed by atoms with Gasteiger partial charge in [-0.25, -0.2) is 9.78 Å². The van der Waals surface area contributed by atoms with E-state index in [1.807, 2.05) is 30.3 Å². The summed E-state index contributed by atoms with van der Waals surface area (Å²) in [7, 11) is 0. The van der Waals surface area contributed by atoms with Crippen molar-refractivity contribution in [2.45, 2.75) is 19.4 Å². The molecule has 0 radical (unpaired) electrons. The molecule has 0 spiro atoms. The van der Waals surface area contributed by atoms with E-state index < -0.39 is 17.9 Å². The first-order valence-electron chi connectivity index (χ1n) is 6.06. The molecule has 1 heterocycles. The van der Waals surface area contributed by atoms with E-state index in [4.69, 9.17) is 4.42 Å². The molecule has 2 aromatic rings. The Balaban J connectivity index is 2.06. The van der Waals surface area contributed by atoms with Gasteiger partial charge in [0.1, 0.15) is 12.3 Å². The number of amides is 1. The van der Waals surface area contributed by atoms with Crippen LogP contribution < -0.4 is 5.32 Å². The zero-order valence-electron chi connectivity index (χ0n) is 10.9. The first-order chi connectivity index (χ1) is 9.56. The fourth-order valence-corrected chi connectivity index (χ4v) is 1.75. The summed E-state index contributed by atoms with van der Waals surface area (Å²) in [5.74, 6) is -1.31. The zero-order valence-corrected chi connectivity index (χ0v) is 10.9. The molecule has 6 heteroatoms. The molecule has 20 heavy (non-hydrogen) atoms. The third kappa shape index (κ3) is 3.44. The summed E-state index contributed by atoms with van der Waals surface area (Å²) >= 11 is 0. The van der Waals surface area contributed by atoms with Crippen molar-refractivity contribution in [1.29, 1.82) is 0 Å². The molecule has 0 aliphatic carbocycles. The SMILES string of the molecule is Cc1nc(C(=O)N[C@@H](Cc2ccccc2)C(=O)O)co1. The third-order valence-corrected chi connectivity index (χ3v) is 2.74. The smallest absolute Gasteiger partial charge is 0.326 e. The van der Waals surface area contributed by atoms with E-state index in [-0.39, 0.29) is 12.1 Å². The Hall–Kier alpha value is -2.63. The second-order valence-electron chi connectivity index (χ2n) is 4.31. The topological polar surface area (TPSA) is 92.4 Å². The molecule has 1 aromatic heterocycles. The summed E-state index contributed by atoms with van der Waals surface area (Å²) in [4.78, 5) is 26.9. The van der Waals surface area contributed by atoms with Gasteiger partial charge in [-0.2, -0.15) is 0 Å². The van der Waals surface area contributed by atoms with Crippen molar-refractivity contribution in [1.82, 2.24) is 10.3 Å². The Morgan fingerprint density at radius 3 is 2.60 bits per heavy atom. The van der Waals surface area contributed by atoms with Crippen LogP contribution in [0.4, 0.5) is 0 Å². The van der Waals surface area contributed by atoms with Crippen LogP contribution in [0.1, 0.15) is 21.9 Å². The molecular formula is C14H14N2O4. The number of nitrogens with one attached hydrogen (secondary N) is 1. The third-order valence-electron chi connectivity index (χ3n) is 2.74. The molecule has 1 amide bonds. The van der Waals surface area contributed by atoms with Gasteiger partial charge in [0.05, 0.1) is 0 Å². The van der Waals surface area contributed by atoms with Gasteiger partial charge in [0.15, 0.2) is 11.6 Å². The minimum atomic E-state index is -1.09. The first-order valence-corrected chi connectivity index (χ1v) is 6.06. The van der Waals surface area contributed by atoms with Crippen LogP contribution in [0.25, 0.3) is 0 Å². The van der Waals surface area contributed by atoms with Crippen molar-refractivity contribution in [3.8, 4) is 0 Å². The van der Waals surface area contributed by atoms with Crippen LogP contribution in [-0.4, -0.2) is 28.0 Å². The lowest BCUT2D eigenvalue weighted by molar-refractivity contribution is -0.139. The number of aromatic nitrogens is 1. The number of aliphatic carboxylic acids is 1. The number of aryl methyl sites for hydroxylation is 1. The number of carbonyl (C=O) groups excluding carboxylic acids is 1. The Morgan fingerprint density at radius 2 is 2.05 bits per heavy atom. The van der Waals surface area contributed by atoms with Gasteiger partial charge in [0.2, 0.25) is 0 Å². The van der Waals surface area contributed by atoms with E-state index in [9.17, 15) is 14.7 Å². The molecule has 6 nitrogen and oxygen atoms in total. The zero-order chi connectivity index (χ0) is 14.5. The molecular weight excluding hydrogens is 260 g/mol. The van der Waals surface area contributed by atoms with Crippen LogP contribution >= 0.6 is 0 Å². The molecule has 0 unspecified atom stereocenters. The highest BCUT2D eigenvalue weighted by Crippen LogP contribution is 2.05. The maximum absolute atomic E-state index is 11.9. The van der Waals surface area contributed by atoms with Crippen LogP contribution in [0.5, 0.6) is 0 Å². The Kier molecular flexibility index (Phi) is 4.14. The molecule has 0 fully saturated rings. The largest absolute Gasteiger partial charge is 0.480 e. The van der Waals surface area contributed by atoms with Crippen molar-refractivity contribution in [3.05, 3.63) is 53.7 Å². The summed E-state index contributed by atoms with van der Waals surface area (Å²) < 4.78 is 4.93. The minimum Gasteiger partial charge on any atom is -0.480 e. The average molecular weight is 274 g/mol. The van der Waals surface area contributed by atoms with Crippen LogP contribution in [0.15, 0.2) is 41.0 Å². The molecule has 0 aliphatic rings. The van der Waals surface area contributed by atoms with E-state index in [2.05, 4.69) is 10.3 Å². The van der Waals surface area contributed by atoms with Crippen LogP contribution in [0.3, 0.4) is 0 Å². The van der Waals surface area contributed by atoms with E-state index in [0.717, 1.165) is 5.56 Å². The molecule has 0 saturated heterocycles. The van der Waals surface area contributed by atoms with Gasteiger partial charge in [0.25, 0.3) is 5.91 Å². The van der Waals surface area contributed by atoms with Gasteiger partial charge in [0, 0.05) is 13.3 Å². The summed E-state index contributed by atoms with van der Waals surface area (Å²) in [5.41, 5.74) is 0.901. The van der Waals surface area contributed by atoms with Gasteiger partial charge in [-0.05, 0) is 5.56 Å². The molecule has 1 aromatic carbocycles. The highest BCUT2D eigenvalue weighted by atomic mass is 16.4. The van der Waals surface area contributed by atoms with Gasteiger partial charge >= 0.3 is 5.97 Å². The second-order valence-corrected chi connectivity index (χ2v) is 4.31. The normalized spacial score (nSPS) is 11.8. The number of carbonyl (C=O) groups is 2. The van der Waals surface area contributed by atoms with Crippen molar-refractivity contribution >= 4 is 11.9 Å². The number of nitrogens with zero attached hydrogens (tertiary/aromatic N) is 1. The van der Waals surface area contributed by atoms with E-state index in [1.54, 1.807) is 6.92 Å². The predicted molar refractivity (Wildman–Crippen MR) is 70.3 cm³/mol. The molecule has 104 valence electrons. The van der Waals surface area contributed by atoms with Gasteiger partial charge in [-0.15, -0.1) is 0 Å². The average Bonchev–Trinajstić information content (AvgIpc) is 2.86. The van der Waals surface area contributed by atoms with Crippen LogP contribution in [-0.2, 0) is 11.2 Å². The Bertz CT molecular complexity index is 607. The van der Waals surface area contributed by atoms with Gasteiger partial charge in [-0.3, -0.25) is 4.79 Å². The lowest BCUT2D eigenvalue weighted by Gasteiger charge is -2.13. The standard InChI is InChI=1S/C14H14N2O4/c1-9-15-12(8-20-9)13(17)16-11(14(18)19)7-10-5-3-2-4-6-10/h2-6,8,11H,7H2,1H3,(H,16,17)(H,18,19)/t11-/m0/s1. The minimum absolute atomic E-state index is 0.0711. The lowest BCUT2D eigenvalue weighted by Crippen LogP contribution is -2.42. The Labute approximate surface area is 115 Å². The number of hydrogen-bond donors (Lipinski definition) is 2. The fraction of sp³-hybridized carbons (Fsp3) is 0.214. The monoisotopic (exact) mass is 274 g/mol. The lowest BCUT2D eigenvalue weighted by atomic mass is 10.1. The molecule has 2 N–H and O–H groups in total. The van der Waals surface area contributed by atoms with Crippen molar-refractivity contribution in [2.75, 3.05) is 0 Å². The van der Waals surface area contributed by atoms with Crippen LogP contribution in [0, 0.1) is 6.92 Å². The fourth-order valence-electron chi connectivity index (χ4n) is 1.75. The van der Waals surface area contributed by atoms with E-state index in [1.165, 1.54) is 6.26 Å². The van der Waals surface area contributed by atoms with Crippen molar-refractivity contribution < 1.29 is 19.1 Å². The van der Waals surface area contributed by atoms with Gasteiger partial charge < -0.3 is 14.8 Å². The number of rotatable bonds is 5. The number of benzene rings is 1. The molecule has 1 atom stereocenters. The second kappa shape index (κ2) is 6.01. The summed E-state index contributed by atoms with van der Waals surface area (Å²) in [6, 6.07) is 8.08. The first kappa shape index (κ1) is 13.8. The van der Waals surface area contributed by atoms with Crippen molar-refractivity contribution in [3.63, 3.8) is 0 Å². The number of carboxylic acids is 1. The molecule has 2 rings (SSSR count). The van der Waals surface area contributed by atoms with Crippen molar-refractivity contribution in [2.24, 2.45) is 0 Å². The molecule has 0 bridgehead atoms. The van der Waals surface area contributed by atoms with E-state index in [0.29, 0.717) is 5.89 Å². The molecule has 0 saturated carbocycles. The summed E-state index contributed by atoms with van der Waals surface area (Å²) in [6.07, 6.45) is 1.41. The van der Waals surface area contributed by atoms with E-state index >= 15 is 0 Å². The highest BCUT2D eigenvalue weighted by molar-refractivity contribution is 5.94. The Morgan fingerprint density at radius 1 is 1.35 bits per heavy atom. The number of oxazole rings is 1. The number of hydrogen-bond acceptors (Lipinski definition) is 4. The predicted octanol–water partition coefficient (Wildman–Crippen LogP) is 1.41. The number of carboxylic acid groups (broad SMARTS) is 1. The highest BCUT2D eigenvalue weighted by Gasteiger charge is 2.22. The maximum atomic E-state index is 11.9. The summed E-state index contributed by atoms with van der Waals surface area (Å²) in [5, 5.41) is 11.6. The summed E-state index contributed by atoms with van der Waals surface area (Å²) in [6.45, 7) is 1.61. The van der Waals surface area contributed by atoms with Crippen LogP contribution in [0.2, 0.25) is 0 Å². The van der Waals surface area contributed by atoms with Gasteiger partial charge in [-0.1, -0.05) is 30.3 Å². The quantitative estimate of drug-likeness (QED) is 0.860. The molecule has 0 aliphatic heterocycles.